The first kappa shape index (κ1) is 14.4. The van der Waals surface area contributed by atoms with Crippen LogP contribution < -0.4 is 15.4 Å². The van der Waals surface area contributed by atoms with Crippen molar-refractivity contribution in [2.24, 2.45) is 5.92 Å². The minimum absolute atomic E-state index is 0.138. The molecular formula is C17H19N3O2. The van der Waals surface area contributed by atoms with Crippen LogP contribution in [0.1, 0.15) is 15.9 Å². The van der Waals surface area contributed by atoms with E-state index in [-0.39, 0.29) is 5.91 Å². The van der Waals surface area contributed by atoms with Gasteiger partial charge in [0.25, 0.3) is 5.91 Å². The number of para-hydroxylation sites is 1. The highest BCUT2D eigenvalue weighted by Gasteiger charge is 2.20. The summed E-state index contributed by atoms with van der Waals surface area (Å²) in [4.78, 5) is 16.1. The second kappa shape index (κ2) is 6.47. The van der Waals surface area contributed by atoms with Crippen molar-refractivity contribution in [3.05, 3.63) is 53.7 Å². The summed E-state index contributed by atoms with van der Waals surface area (Å²) in [5.41, 5.74) is 1.79. The molecule has 1 aromatic carbocycles. The maximum atomic E-state index is 11.8. The number of aromatic nitrogens is 1. The van der Waals surface area contributed by atoms with E-state index in [2.05, 4.69) is 21.7 Å². The summed E-state index contributed by atoms with van der Waals surface area (Å²) < 4.78 is 5.78. The van der Waals surface area contributed by atoms with Gasteiger partial charge in [-0.1, -0.05) is 18.2 Å². The van der Waals surface area contributed by atoms with E-state index in [1.54, 1.807) is 25.4 Å². The van der Waals surface area contributed by atoms with E-state index in [4.69, 9.17) is 4.74 Å². The van der Waals surface area contributed by atoms with E-state index in [0.717, 1.165) is 18.7 Å². The van der Waals surface area contributed by atoms with Crippen LogP contribution in [0.3, 0.4) is 0 Å². The van der Waals surface area contributed by atoms with Crippen molar-refractivity contribution in [3.63, 3.8) is 0 Å². The molecule has 0 fully saturated rings. The summed E-state index contributed by atoms with van der Waals surface area (Å²) in [6.45, 7) is 1.39. The third kappa shape index (κ3) is 3.03. The van der Waals surface area contributed by atoms with Crippen LogP contribution in [0.15, 0.2) is 42.6 Å². The molecule has 0 bridgehead atoms. The minimum atomic E-state index is -0.138. The average molecular weight is 297 g/mol. The number of nitrogens with zero attached hydrogens (tertiary/aromatic N) is 1. The Bertz CT molecular complexity index is 672. The van der Waals surface area contributed by atoms with Crippen LogP contribution in [0.2, 0.25) is 0 Å². The predicted octanol–water partition coefficient (Wildman–Crippen LogP) is 2.10. The first-order valence-corrected chi connectivity index (χ1v) is 7.39. The molecule has 3 rings (SSSR count). The number of hydrogen-bond donors (Lipinski definition) is 2. The van der Waals surface area contributed by atoms with Crippen LogP contribution in [-0.2, 0) is 6.42 Å². The molecule has 2 N–H and O–H groups in total. The minimum Gasteiger partial charge on any atom is -0.493 e. The molecule has 0 spiro atoms. The fourth-order valence-electron chi connectivity index (χ4n) is 2.63. The van der Waals surface area contributed by atoms with Crippen LogP contribution in [0.5, 0.6) is 5.75 Å². The van der Waals surface area contributed by atoms with E-state index >= 15 is 0 Å². The first-order valence-electron chi connectivity index (χ1n) is 7.39. The Morgan fingerprint density at radius 3 is 3.05 bits per heavy atom. The van der Waals surface area contributed by atoms with E-state index in [1.165, 1.54) is 5.56 Å². The number of ether oxygens (including phenoxy) is 1. The number of pyridine rings is 1. The van der Waals surface area contributed by atoms with Crippen LogP contribution in [0.4, 0.5) is 5.82 Å². The maximum absolute atomic E-state index is 11.8. The summed E-state index contributed by atoms with van der Waals surface area (Å²) in [5, 5.41) is 5.91. The maximum Gasteiger partial charge on any atom is 0.254 e. The molecule has 1 amide bonds. The number of hydrogen-bond acceptors (Lipinski definition) is 4. The smallest absolute Gasteiger partial charge is 0.254 e. The fraction of sp³-hybridized carbons (Fsp3) is 0.294. The largest absolute Gasteiger partial charge is 0.493 e. The monoisotopic (exact) mass is 297 g/mol. The van der Waals surface area contributed by atoms with Crippen molar-refractivity contribution in [2.45, 2.75) is 6.42 Å². The molecule has 0 aliphatic carbocycles. The first-order chi connectivity index (χ1) is 10.8. The van der Waals surface area contributed by atoms with Crippen molar-refractivity contribution < 1.29 is 9.53 Å². The van der Waals surface area contributed by atoms with Crippen molar-refractivity contribution >= 4 is 11.7 Å². The van der Waals surface area contributed by atoms with Gasteiger partial charge in [0.05, 0.1) is 12.2 Å². The molecule has 5 nitrogen and oxygen atoms in total. The molecule has 0 saturated carbocycles. The van der Waals surface area contributed by atoms with Gasteiger partial charge in [0, 0.05) is 25.7 Å². The van der Waals surface area contributed by atoms with E-state index < -0.39 is 0 Å². The normalized spacial score (nSPS) is 16.3. The molecule has 114 valence electrons. The summed E-state index contributed by atoms with van der Waals surface area (Å²) in [6.07, 6.45) is 2.65. The number of anilines is 1. The molecule has 0 saturated heterocycles. The Hall–Kier alpha value is -2.56. The lowest BCUT2D eigenvalue weighted by Crippen LogP contribution is -2.28. The van der Waals surface area contributed by atoms with Crippen molar-refractivity contribution in [3.8, 4) is 5.75 Å². The van der Waals surface area contributed by atoms with Gasteiger partial charge in [-0.2, -0.15) is 0 Å². The van der Waals surface area contributed by atoms with Gasteiger partial charge in [-0.25, -0.2) is 4.98 Å². The Morgan fingerprint density at radius 1 is 1.32 bits per heavy atom. The van der Waals surface area contributed by atoms with Crippen LogP contribution in [0.25, 0.3) is 0 Å². The summed E-state index contributed by atoms with van der Waals surface area (Å²) in [7, 11) is 1.62. The highest BCUT2D eigenvalue weighted by molar-refractivity contribution is 5.98. The van der Waals surface area contributed by atoms with Crippen molar-refractivity contribution in [2.75, 3.05) is 25.5 Å². The zero-order valence-electron chi connectivity index (χ0n) is 12.5. The van der Waals surface area contributed by atoms with Gasteiger partial charge in [0.2, 0.25) is 0 Å². The van der Waals surface area contributed by atoms with Gasteiger partial charge in [0.1, 0.15) is 11.6 Å². The Balaban J connectivity index is 1.66. The summed E-state index contributed by atoms with van der Waals surface area (Å²) in [5.74, 6) is 1.80. The third-order valence-electron chi connectivity index (χ3n) is 3.79. The highest BCUT2D eigenvalue weighted by Crippen LogP contribution is 2.27. The molecule has 1 aromatic heterocycles. The molecule has 2 heterocycles. The number of benzene rings is 1. The van der Waals surface area contributed by atoms with Gasteiger partial charge in [-0.3, -0.25) is 4.79 Å². The lowest BCUT2D eigenvalue weighted by molar-refractivity contribution is 0.0963. The molecule has 5 heteroatoms. The Morgan fingerprint density at radius 2 is 2.18 bits per heavy atom. The zero-order valence-corrected chi connectivity index (χ0v) is 12.5. The molecule has 0 radical (unpaired) electrons. The molecular weight excluding hydrogens is 278 g/mol. The number of carbonyl (C=O) groups is 1. The average Bonchev–Trinajstić information content (AvgIpc) is 2.59. The third-order valence-corrected chi connectivity index (χ3v) is 3.79. The van der Waals surface area contributed by atoms with Crippen LogP contribution in [0, 0.1) is 5.92 Å². The Kier molecular flexibility index (Phi) is 4.23. The van der Waals surface area contributed by atoms with Gasteiger partial charge >= 0.3 is 0 Å². The van der Waals surface area contributed by atoms with Gasteiger partial charge in [-0.15, -0.1) is 0 Å². The van der Waals surface area contributed by atoms with E-state index in [9.17, 15) is 4.79 Å². The molecule has 1 aliphatic heterocycles. The summed E-state index contributed by atoms with van der Waals surface area (Å²) >= 11 is 0. The molecule has 1 atom stereocenters. The standard InChI is InChI=1S/C17H19N3O2/c1-18-17(21)14-6-4-8-19-16(14)20-10-12-9-13-5-2-3-7-15(13)22-11-12/h2-8,12H,9-11H2,1H3,(H,18,21)(H,19,20). The SMILES string of the molecule is CNC(=O)c1cccnc1NCC1COc2ccccc2C1. The summed E-state index contributed by atoms with van der Waals surface area (Å²) in [6, 6.07) is 11.6. The predicted molar refractivity (Wildman–Crippen MR) is 85.2 cm³/mol. The molecule has 1 aliphatic rings. The van der Waals surface area contributed by atoms with Crippen molar-refractivity contribution in [1.29, 1.82) is 0 Å². The fourth-order valence-corrected chi connectivity index (χ4v) is 2.63. The van der Waals surface area contributed by atoms with Crippen LogP contribution >= 0.6 is 0 Å². The second-order valence-corrected chi connectivity index (χ2v) is 5.35. The molecule has 1 unspecified atom stereocenters. The number of fused-ring (bicyclic) bond motifs is 1. The van der Waals surface area contributed by atoms with Gasteiger partial charge < -0.3 is 15.4 Å². The topological polar surface area (TPSA) is 63.2 Å². The quantitative estimate of drug-likeness (QED) is 0.907. The lowest BCUT2D eigenvalue weighted by Gasteiger charge is -2.25. The lowest BCUT2D eigenvalue weighted by atomic mass is 9.97. The number of nitrogens with one attached hydrogen (secondary N) is 2. The Labute approximate surface area is 129 Å². The van der Waals surface area contributed by atoms with Crippen LogP contribution in [-0.4, -0.2) is 31.1 Å². The van der Waals surface area contributed by atoms with Gasteiger partial charge in [0.15, 0.2) is 0 Å². The molecule has 22 heavy (non-hydrogen) atoms. The number of carbonyl (C=O) groups excluding carboxylic acids is 1. The number of rotatable bonds is 4. The second-order valence-electron chi connectivity index (χ2n) is 5.35. The number of amides is 1. The zero-order chi connectivity index (χ0) is 15.4. The highest BCUT2D eigenvalue weighted by atomic mass is 16.5. The van der Waals surface area contributed by atoms with Gasteiger partial charge in [-0.05, 0) is 30.2 Å². The van der Waals surface area contributed by atoms with E-state index in [0.29, 0.717) is 23.9 Å². The van der Waals surface area contributed by atoms with Crippen molar-refractivity contribution in [1.82, 2.24) is 10.3 Å². The van der Waals surface area contributed by atoms with E-state index in [1.807, 2.05) is 18.2 Å². The molecule has 2 aromatic rings.